The molecule has 0 spiro atoms. The number of nitrogens with zero attached hydrogens (tertiary/aromatic N) is 2. The van der Waals surface area contributed by atoms with Crippen LogP contribution in [0.25, 0.3) is 0 Å². The second-order valence-electron chi connectivity index (χ2n) is 5.92. The minimum atomic E-state index is 0.274. The minimum absolute atomic E-state index is 0.274. The molecule has 0 aliphatic carbocycles. The summed E-state index contributed by atoms with van der Waals surface area (Å²) in [6.45, 7) is 10.0. The van der Waals surface area contributed by atoms with E-state index in [0.717, 1.165) is 51.6 Å². The smallest absolute Gasteiger partial charge is 0.236 e. The van der Waals surface area contributed by atoms with Crippen molar-refractivity contribution in [2.45, 2.75) is 26.2 Å². The maximum absolute atomic E-state index is 12.3. The van der Waals surface area contributed by atoms with Gasteiger partial charge in [0.2, 0.25) is 5.91 Å². The van der Waals surface area contributed by atoms with E-state index in [1.54, 1.807) is 0 Å². The summed E-state index contributed by atoms with van der Waals surface area (Å²) < 4.78 is 5.31. The number of ether oxygens (including phenoxy) is 1. The summed E-state index contributed by atoms with van der Waals surface area (Å²) in [5.41, 5.74) is 0. The molecule has 1 amide bonds. The summed E-state index contributed by atoms with van der Waals surface area (Å²) in [4.78, 5) is 16.6. The summed E-state index contributed by atoms with van der Waals surface area (Å²) in [5.74, 6) is 1.02. The van der Waals surface area contributed by atoms with E-state index in [4.69, 9.17) is 4.74 Å². The molecule has 0 aromatic carbocycles. The Morgan fingerprint density at radius 3 is 2.65 bits per heavy atom. The van der Waals surface area contributed by atoms with Crippen LogP contribution in [0.1, 0.15) is 26.2 Å². The van der Waals surface area contributed by atoms with Crippen molar-refractivity contribution < 1.29 is 9.53 Å². The molecule has 0 aromatic heterocycles. The van der Waals surface area contributed by atoms with Crippen molar-refractivity contribution in [2.24, 2.45) is 5.92 Å². The lowest BCUT2D eigenvalue weighted by molar-refractivity contribution is -0.136. The van der Waals surface area contributed by atoms with Crippen molar-refractivity contribution in [3.8, 4) is 0 Å². The van der Waals surface area contributed by atoms with Crippen LogP contribution >= 0.6 is 0 Å². The zero-order valence-electron chi connectivity index (χ0n) is 12.8. The number of carbonyl (C=O) groups is 1. The molecule has 0 bridgehead atoms. The number of piperidine rings is 1. The van der Waals surface area contributed by atoms with Gasteiger partial charge in [-0.1, -0.05) is 6.92 Å². The van der Waals surface area contributed by atoms with Crippen LogP contribution in [0.2, 0.25) is 0 Å². The zero-order chi connectivity index (χ0) is 14.2. The molecular formula is C15H29N3O2. The molecule has 2 saturated heterocycles. The molecule has 0 saturated carbocycles. The fourth-order valence-corrected chi connectivity index (χ4v) is 3.08. The second-order valence-corrected chi connectivity index (χ2v) is 5.92. The Kier molecular flexibility index (Phi) is 6.76. The standard InChI is InChI=1S/C15H29N3O2/c1-2-7-17(12-14-3-5-16-6-4-14)13-15(19)18-8-10-20-11-9-18/h14,16H,2-13H2,1H3. The van der Waals surface area contributed by atoms with Crippen LogP contribution in [0.5, 0.6) is 0 Å². The molecule has 2 heterocycles. The highest BCUT2D eigenvalue weighted by molar-refractivity contribution is 5.78. The lowest BCUT2D eigenvalue weighted by Gasteiger charge is -2.32. The average Bonchev–Trinajstić information content (AvgIpc) is 2.49. The van der Waals surface area contributed by atoms with E-state index in [2.05, 4.69) is 17.1 Å². The average molecular weight is 283 g/mol. The summed E-state index contributed by atoms with van der Waals surface area (Å²) in [6, 6.07) is 0. The quantitative estimate of drug-likeness (QED) is 0.773. The number of hydrogen-bond donors (Lipinski definition) is 1. The number of carbonyl (C=O) groups excluding carboxylic acids is 1. The van der Waals surface area contributed by atoms with E-state index < -0.39 is 0 Å². The van der Waals surface area contributed by atoms with Gasteiger partial charge in [-0.15, -0.1) is 0 Å². The molecule has 20 heavy (non-hydrogen) atoms. The topological polar surface area (TPSA) is 44.8 Å². The molecule has 0 radical (unpaired) electrons. The maximum atomic E-state index is 12.3. The van der Waals surface area contributed by atoms with Crippen LogP contribution in [0.4, 0.5) is 0 Å². The SMILES string of the molecule is CCCN(CC(=O)N1CCOCC1)CC1CCNCC1. The second kappa shape index (κ2) is 8.60. The van der Waals surface area contributed by atoms with Crippen LogP contribution in [-0.2, 0) is 9.53 Å². The van der Waals surface area contributed by atoms with E-state index in [9.17, 15) is 4.79 Å². The minimum Gasteiger partial charge on any atom is -0.378 e. The van der Waals surface area contributed by atoms with Crippen molar-refractivity contribution >= 4 is 5.91 Å². The first kappa shape index (κ1) is 15.7. The molecule has 116 valence electrons. The van der Waals surface area contributed by atoms with Gasteiger partial charge in [0.05, 0.1) is 19.8 Å². The van der Waals surface area contributed by atoms with Gasteiger partial charge in [0.1, 0.15) is 0 Å². The van der Waals surface area contributed by atoms with Gasteiger partial charge in [-0.05, 0) is 44.8 Å². The molecule has 2 aliphatic rings. The third-order valence-electron chi connectivity index (χ3n) is 4.24. The van der Waals surface area contributed by atoms with E-state index >= 15 is 0 Å². The van der Waals surface area contributed by atoms with Crippen molar-refractivity contribution in [3.05, 3.63) is 0 Å². The number of rotatable bonds is 6. The van der Waals surface area contributed by atoms with Gasteiger partial charge >= 0.3 is 0 Å². The highest BCUT2D eigenvalue weighted by Crippen LogP contribution is 2.14. The zero-order valence-corrected chi connectivity index (χ0v) is 12.8. The fraction of sp³-hybridized carbons (Fsp3) is 0.933. The third-order valence-corrected chi connectivity index (χ3v) is 4.24. The lowest BCUT2D eigenvalue weighted by atomic mass is 9.97. The van der Waals surface area contributed by atoms with Crippen molar-refractivity contribution in [3.63, 3.8) is 0 Å². The van der Waals surface area contributed by atoms with E-state index in [1.165, 1.54) is 12.8 Å². The third kappa shape index (κ3) is 5.04. The first-order valence-corrected chi connectivity index (χ1v) is 8.08. The summed E-state index contributed by atoms with van der Waals surface area (Å²) in [5, 5.41) is 3.40. The molecule has 5 nitrogen and oxygen atoms in total. The molecule has 0 atom stereocenters. The number of amides is 1. The Balaban J connectivity index is 1.79. The lowest BCUT2D eigenvalue weighted by Crippen LogP contribution is -2.47. The summed E-state index contributed by atoms with van der Waals surface area (Å²) in [6.07, 6.45) is 3.60. The Labute approximate surface area is 122 Å². The molecular weight excluding hydrogens is 254 g/mol. The molecule has 5 heteroatoms. The van der Waals surface area contributed by atoms with Gasteiger partial charge in [0.25, 0.3) is 0 Å². The van der Waals surface area contributed by atoms with Gasteiger partial charge < -0.3 is 15.0 Å². The van der Waals surface area contributed by atoms with E-state index in [-0.39, 0.29) is 5.91 Å². The molecule has 1 N–H and O–H groups in total. The fourth-order valence-electron chi connectivity index (χ4n) is 3.08. The van der Waals surface area contributed by atoms with Crippen molar-refractivity contribution in [1.82, 2.24) is 15.1 Å². The predicted molar refractivity (Wildman–Crippen MR) is 79.7 cm³/mol. The number of nitrogens with one attached hydrogen (secondary N) is 1. The number of hydrogen-bond acceptors (Lipinski definition) is 4. The van der Waals surface area contributed by atoms with Crippen molar-refractivity contribution in [1.29, 1.82) is 0 Å². The van der Waals surface area contributed by atoms with Crippen LogP contribution < -0.4 is 5.32 Å². The van der Waals surface area contributed by atoms with E-state index in [1.807, 2.05) is 4.90 Å². The normalized spacial score (nSPS) is 21.4. The Hall–Kier alpha value is -0.650. The largest absolute Gasteiger partial charge is 0.378 e. The first-order valence-electron chi connectivity index (χ1n) is 8.08. The van der Waals surface area contributed by atoms with Gasteiger partial charge in [-0.3, -0.25) is 9.69 Å². The molecule has 0 unspecified atom stereocenters. The molecule has 2 aliphatic heterocycles. The van der Waals surface area contributed by atoms with Crippen LogP contribution in [0, 0.1) is 5.92 Å². The Morgan fingerprint density at radius 2 is 2.00 bits per heavy atom. The van der Waals surface area contributed by atoms with Crippen LogP contribution in [-0.4, -0.2) is 74.7 Å². The Bertz CT molecular complexity index is 287. The molecule has 0 aromatic rings. The molecule has 2 rings (SSSR count). The van der Waals surface area contributed by atoms with Crippen molar-refractivity contribution in [2.75, 3.05) is 59.0 Å². The maximum Gasteiger partial charge on any atom is 0.236 e. The summed E-state index contributed by atoms with van der Waals surface area (Å²) >= 11 is 0. The number of morpholine rings is 1. The molecule has 2 fully saturated rings. The highest BCUT2D eigenvalue weighted by Gasteiger charge is 2.22. The Morgan fingerprint density at radius 1 is 1.30 bits per heavy atom. The van der Waals surface area contributed by atoms with Gasteiger partial charge in [-0.25, -0.2) is 0 Å². The van der Waals surface area contributed by atoms with Crippen LogP contribution in [0.15, 0.2) is 0 Å². The predicted octanol–water partition coefficient (Wildman–Crippen LogP) is 0.557. The highest BCUT2D eigenvalue weighted by atomic mass is 16.5. The van der Waals surface area contributed by atoms with E-state index in [0.29, 0.717) is 19.8 Å². The van der Waals surface area contributed by atoms with Crippen LogP contribution in [0.3, 0.4) is 0 Å². The first-order chi connectivity index (χ1) is 9.79. The van der Waals surface area contributed by atoms with Gasteiger partial charge in [0.15, 0.2) is 0 Å². The summed E-state index contributed by atoms with van der Waals surface area (Å²) in [7, 11) is 0. The van der Waals surface area contributed by atoms with Gasteiger partial charge in [0, 0.05) is 19.6 Å². The monoisotopic (exact) mass is 283 g/mol. The van der Waals surface area contributed by atoms with Gasteiger partial charge in [-0.2, -0.15) is 0 Å².